The Morgan fingerprint density at radius 2 is 1.84 bits per heavy atom. The molecule has 2 aliphatic heterocycles. The Kier molecular flexibility index (Phi) is 6.00. The van der Waals surface area contributed by atoms with Crippen LogP contribution in [0.2, 0.25) is 0 Å². The zero-order chi connectivity index (χ0) is 26.6. The molecular weight excluding hydrogens is 488 g/mol. The highest BCUT2D eigenvalue weighted by atomic mass is 19.2. The summed E-state index contributed by atoms with van der Waals surface area (Å²) in [5.74, 6) is 1.55. The van der Waals surface area contributed by atoms with E-state index >= 15 is 0 Å². The lowest BCUT2D eigenvalue weighted by Gasteiger charge is -2.39. The molecule has 0 radical (unpaired) electrons. The highest BCUT2D eigenvalue weighted by molar-refractivity contribution is 5.76. The second-order valence-corrected chi connectivity index (χ2v) is 11.1. The second kappa shape index (κ2) is 9.25. The number of anilines is 5. The third kappa shape index (κ3) is 4.06. The molecule has 2 bridgehead atoms. The predicted octanol–water partition coefficient (Wildman–Crippen LogP) is 4.96. The van der Waals surface area contributed by atoms with E-state index in [0.29, 0.717) is 41.8 Å². The Morgan fingerprint density at radius 1 is 1.08 bits per heavy atom. The van der Waals surface area contributed by atoms with Crippen molar-refractivity contribution in [2.45, 2.75) is 38.1 Å². The Balaban J connectivity index is 1.30. The minimum atomic E-state index is -0.870. The number of rotatable bonds is 6. The number of fused-ring (bicyclic) bond motifs is 3. The number of aromatic nitrogens is 3. The Morgan fingerprint density at radius 3 is 2.55 bits per heavy atom. The van der Waals surface area contributed by atoms with E-state index in [1.54, 1.807) is 24.3 Å². The summed E-state index contributed by atoms with van der Waals surface area (Å²) in [6.45, 7) is 6.45. The topological polar surface area (TPSA) is 78.4 Å². The Hall–Kier alpha value is -3.69. The van der Waals surface area contributed by atoms with Crippen LogP contribution in [-0.4, -0.2) is 54.8 Å². The normalized spacial score (nSPS) is 23.4. The van der Waals surface area contributed by atoms with Crippen LogP contribution in [-0.2, 0) is 5.41 Å². The quantitative estimate of drug-likeness (QED) is 0.472. The molecule has 8 nitrogen and oxygen atoms in total. The van der Waals surface area contributed by atoms with E-state index in [1.807, 2.05) is 19.2 Å². The molecule has 2 N–H and O–H groups in total. The average Bonchev–Trinajstić information content (AvgIpc) is 3.30. The van der Waals surface area contributed by atoms with Gasteiger partial charge in [0, 0.05) is 61.7 Å². The fraction of sp³-hybridized carbons (Fsp3) is 0.464. The number of pyridine rings is 1. The van der Waals surface area contributed by atoms with Crippen molar-refractivity contribution in [3.8, 4) is 5.88 Å². The van der Waals surface area contributed by atoms with Crippen LogP contribution in [0.25, 0.3) is 0 Å². The number of nitrogens with one attached hydrogen (secondary N) is 2. The van der Waals surface area contributed by atoms with Crippen molar-refractivity contribution in [1.29, 1.82) is 0 Å². The minimum absolute atomic E-state index is 0.185. The molecule has 1 aromatic carbocycles. The van der Waals surface area contributed by atoms with Crippen molar-refractivity contribution in [3.05, 3.63) is 53.7 Å². The number of benzene rings is 1. The van der Waals surface area contributed by atoms with Gasteiger partial charge in [0.05, 0.1) is 12.8 Å². The van der Waals surface area contributed by atoms with Gasteiger partial charge in [0.1, 0.15) is 11.6 Å². The van der Waals surface area contributed by atoms with Gasteiger partial charge in [0.25, 0.3) is 0 Å². The van der Waals surface area contributed by atoms with Crippen molar-refractivity contribution in [1.82, 2.24) is 15.0 Å². The van der Waals surface area contributed by atoms with E-state index in [2.05, 4.69) is 34.4 Å². The average molecular weight is 522 g/mol. The number of methoxy groups -OCH3 is 1. The molecule has 6 rings (SSSR count). The summed E-state index contributed by atoms with van der Waals surface area (Å²) in [7, 11) is 3.46. The van der Waals surface area contributed by atoms with Gasteiger partial charge in [-0.2, -0.15) is 9.97 Å². The van der Waals surface area contributed by atoms with Crippen LogP contribution in [0.5, 0.6) is 5.88 Å². The maximum Gasteiger partial charge on any atom is 0.226 e. The van der Waals surface area contributed by atoms with Crippen LogP contribution in [0.4, 0.5) is 37.7 Å². The molecule has 2 fully saturated rings. The van der Waals surface area contributed by atoms with E-state index in [9.17, 15) is 8.78 Å². The van der Waals surface area contributed by atoms with E-state index in [4.69, 9.17) is 14.7 Å². The van der Waals surface area contributed by atoms with Crippen molar-refractivity contribution in [2.24, 2.45) is 11.8 Å². The monoisotopic (exact) mass is 521 g/mol. The molecule has 4 heterocycles. The van der Waals surface area contributed by atoms with Crippen LogP contribution in [0.15, 0.2) is 36.5 Å². The number of hydrogen-bond donors (Lipinski definition) is 2. The van der Waals surface area contributed by atoms with E-state index in [0.717, 1.165) is 43.2 Å². The van der Waals surface area contributed by atoms with Crippen molar-refractivity contribution in [2.75, 3.05) is 54.2 Å². The zero-order valence-corrected chi connectivity index (χ0v) is 22.1. The first kappa shape index (κ1) is 24.6. The lowest BCUT2D eigenvalue weighted by Crippen LogP contribution is -2.48. The predicted molar refractivity (Wildman–Crippen MR) is 145 cm³/mol. The fourth-order valence-corrected chi connectivity index (χ4v) is 6.49. The SMILES string of the molecule is CNc1nc(N[C@@H]2[C@@H]3CC[C@H]2CN(c2ccnc(OC)c2)C3)nc2c1C(C)(C)CN2c1cccc(F)c1F. The van der Waals surface area contributed by atoms with E-state index < -0.39 is 11.6 Å². The maximum atomic E-state index is 14.9. The third-order valence-electron chi connectivity index (χ3n) is 8.26. The van der Waals surface area contributed by atoms with Gasteiger partial charge in [0.15, 0.2) is 11.6 Å². The van der Waals surface area contributed by atoms with Crippen LogP contribution in [0, 0.1) is 23.5 Å². The smallest absolute Gasteiger partial charge is 0.226 e. The number of piperidine rings is 1. The molecule has 2 aromatic heterocycles. The Labute approximate surface area is 221 Å². The molecule has 0 amide bonds. The zero-order valence-electron chi connectivity index (χ0n) is 22.1. The molecule has 0 unspecified atom stereocenters. The number of halogens is 2. The van der Waals surface area contributed by atoms with Crippen LogP contribution >= 0.6 is 0 Å². The van der Waals surface area contributed by atoms with Gasteiger partial charge in [-0.1, -0.05) is 19.9 Å². The molecular formula is C28H33F2N7O. The standard InChI is InChI=1S/C28H33F2N7O/c1-28(2)15-37(20-7-5-6-19(29)23(20)30)26-22(28)25(31-3)34-27(35-26)33-24-16-8-9-17(24)14-36(13-16)18-10-11-32-21(12-18)38-4/h5-7,10-12,16-17,24H,8-9,13-15H2,1-4H3,(H2,31,33,34,35)/t16-,17+,24-. The van der Waals surface area contributed by atoms with Crippen molar-refractivity contribution in [3.63, 3.8) is 0 Å². The molecule has 38 heavy (non-hydrogen) atoms. The van der Waals surface area contributed by atoms with Crippen molar-refractivity contribution >= 4 is 29.0 Å². The molecule has 1 saturated carbocycles. The van der Waals surface area contributed by atoms with Gasteiger partial charge in [-0.05, 0) is 42.9 Å². The van der Waals surface area contributed by atoms with Crippen LogP contribution < -0.4 is 25.2 Å². The second-order valence-electron chi connectivity index (χ2n) is 11.1. The first-order valence-corrected chi connectivity index (χ1v) is 13.1. The van der Waals surface area contributed by atoms with E-state index in [1.165, 1.54) is 6.07 Å². The summed E-state index contributed by atoms with van der Waals surface area (Å²) in [5, 5.41) is 6.87. The van der Waals surface area contributed by atoms with Gasteiger partial charge < -0.3 is 25.2 Å². The van der Waals surface area contributed by atoms with Crippen LogP contribution in [0.3, 0.4) is 0 Å². The van der Waals surface area contributed by atoms with Gasteiger partial charge in [-0.15, -0.1) is 0 Å². The minimum Gasteiger partial charge on any atom is -0.481 e. The summed E-state index contributed by atoms with van der Waals surface area (Å²) in [4.78, 5) is 18.2. The number of ether oxygens (including phenoxy) is 1. The highest BCUT2D eigenvalue weighted by Crippen LogP contribution is 2.48. The first-order valence-electron chi connectivity index (χ1n) is 13.1. The van der Waals surface area contributed by atoms with Gasteiger partial charge in [-0.3, -0.25) is 0 Å². The summed E-state index contributed by atoms with van der Waals surface area (Å²) in [6, 6.07) is 8.51. The molecule has 3 atom stereocenters. The summed E-state index contributed by atoms with van der Waals surface area (Å²) in [5.41, 5.74) is 1.85. The third-order valence-corrected chi connectivity index (χ3v) is 8.26. The lowest BCUT2D eigenvalue weighted by atomic mass is 9.88. The molecule has 1 saturated heterocycles. The number of nitrogens with zero attached hydrogens (tertiary/aromatic N) is 5. The summed E-state index contributed by atoms with van der Waals surface area (Å²) >= 11 is 0. The van der Waals surface area contributed by atoms with E-state index in [-0.39, 0.29) is 17.1 Å². The lowest BCUT2D eigenvalue weighted by molar-refractivity contribution is 0.374. The molecule has 10 heteroatoms. The largest absolute Gasteiger partial charge is 0.481 e. The van der Waals surface area contributed by atoms with Gasteiger partial charge >= 0.3 is 0 Å². The van der Waals surface area contributed by atoms with Crippen molar-refractivity contribution < 1.29 is 13.5 Å². The summed E-state index contributed by atoms with van der Waals surface area (Å²) < 4.78 is 34.4. The molecule has 3 aromatic rings. The molecule has 1 aliphatic carbocycles. The Bertz CT molecular complexity index is 1350. The van der Waals surface area contributed by atoms with Crippen LogP contribution in [0.1, 0.15) is 32.3 Å². The summed E-state index contributed by atoms with van der Waals surface area (Å²) in [6.07, 6.45) is 4.03. The number of hydrogen-bond acceptors (Lipinski definition) is 8. The maximum absolute atomic E-state index is 14.9. The molecule has 200 valence electrons. The molecule has 0 spiro atoms. The molecule has 3 aliphatic rings. The fourth-order valence-electron chi connectivity index (χ4n) is 6.49. The van der Waals surface area contributed by atoms with Gasteiger partial charge in [0.2, 0.25) is 11.8 Å². The van der Waals surface area contributed by atoms with Gasteiger partial charge in [-0.25, -0.2) is 13.8 Å². The highest BCUT2D eigenvalue weighted by Gasteiger charge is 2.44. The first-order chi connectivity index (χ1) is 18.3.